The lowest BCUT2D eigenvalue weighted by atomic mass is 10.1. The first kappa shape index (κ1) is 11.3. The Morgan fingerprint density at radius 1 is 1.24 bits per heavy atom. The summed E-state index contributed by atoms with van der Waals surface area (Å²) < 4.78 is 5.05. The number of benzene rings is 1. The smallest absolute Gasteiger partial charge is 0.313 e. The maximum absolute atomic E-state index is 11.8. The second kappa shape index (κ2) is 4.37. The van der Waals surface area contributed by atoms with Crippen molar-refractivity contribution < 1.29 is 9.21 Å². The molecule has 1 N–H and O–H groups in total. The van der Waals surface area contributed by atoms with Gasteiger partial charge in [0, 0.05) is 12.6 Å². The summed E-state index contributed by atoms with van der Waals surface area (Å²) in [4.78, 5) is 11.8. The van der Waals surface area contributed by atoms with Crippen molar-refractivity contribution in [1.82, 2.24) is 10.2 Å². The Balaban J connectivity index is 2.18. The number of hydrogen-bond acceptors (Lipinski definition) is 4. The zero-order valence-electron chi connectivity index (χ0n) is 9.94. The standard InChI is InChI=1S/C12H13N3O2/c1-7-4-5-10(8(2)6-7)13-11(16)12-15-14-9(3)17-12/h4-6H,1-3H3,(H,13,16). The number of nitrogens with zero attached hydrogens (tertiary/aromatic N) is 2. The molecule has 0 spiro atoms. The summed E-state index contributed by atoms with van der Waals surface area (Å²) in [6.07, 6.45) is 0. The van der Waals surface area contributed by atoms with Gasteiger partial charge in [-0.05, 0) is 25.5 Å². The first-order valence-electron chi connectivity index (χ1n) is 5.25. The number of anilines is 1. The highest BCUT2D eigenvalue weighted by atomic mass is 16.4. The summed E-state index contributed by atoms with van der Waals surface area (Å²) >= 11 is 0. The van der Waals surface area contributed by atoms with Crippen molar-refractivity contribution in [3.63, 3.8) is 0 Å². The lowest BCUT2D eigenvalue weighted by Crippen LogP contribution is -2.13. The quantitative estimate of drug-likeness (QED) is 0.860. The second-order valence-corrected chi connectivity index (χ2v) is 3.90. The second-order valence-electron chi connectivity index (χ2n) is 3.90. The first-order valence-corrected chi connectivity index (χ1v) is 5.25. The molecular weight excluding hydrogens is 218 g/mol. The summed E-state index contributed by atoms with van der Waals surface area (Å²) in [7, 11) is 0. The van der Waals surface area contributed by atoms with Gasteiger partial charge in [0.1, 0.15) is 0 Å². The number of hydrogen-bond donors (Lipinski definition) is 1. The lowest BCUT2D eigenvalue weighted by molar-refractivity contribution is 0.0989. The average molecular weight is 231 g/mol. The van der Waals surface area contributed by atoms with E-state index in [-0.39, 0.29) is 5.89 Å². The van der Waals surface area contributed by atoms with Crippen LogP contribution < -0.4 is 5.32 Å². The largest absolute Gasteiger partial charge is 0.417 e. The summed E-state index contributed by atoms with van der Waals surface area (Å²) in [5.74, 6) is -0.0455. The third-order valence-corrected chi connectivity index (χ3v) is 2.35. The van der Waals surface area contributed by atoms with Crippen LogP contribution in [-0.2, 0) is 0 Å². The van der Waals surface area contributed by atoms with E-state index in [4.69, 9.17) is 4.42 Å². The molecular formula is C12H13N3O2. The molecule has 0 aliphatic rings. The molecule has 5 nitrogen and oxygen atoms in total. The van der Waals surface area contributed by atoms with Gasteiger partial charge in [0.05, 0.1) is 0 Å². The monoisotopic (exact) mass is 231 g/mol. The molecule has 0 atom stereocenters. The molecule has 2 aromatic rings. The Kier molecular flexibility index (Phi) is 2.91. The molecule has 5 heteroatoms. The zero-order chi connectivity index (χ0) is 12.4. The maximum atomic E-state index is 11.8. The first-order chi connectivity index (χ1) is 8.06. The van der Waals surface area contributed by atoms with Gasteiger partial charge in [0.2, 0.25) is 5.89 Å². The molecule has 2 rings (SSSR count). The van der Waals surface area contributed by atoms with Crippen molar-refractivity contribution in [2.24, 2.45) is 0 Å². The molecule has 0 saturated carbocycles. The van der Waals surface area contributed by atoms with Crippen molar-refractivity contribution in [3.05, 3.63) is 41.1 Å². The molecule has 1 aromatic heterocycles. The predicted molar refractivity (Wildman–Crippen MR) is 62.9 cm³/mol. The van der Waals surface area contributed by atoms with E-state index in [9.17, 15) is 4.79 Å². The molecule has 0 aliphatic heterocycles. The SMILES string of the molecule is Cc1ccc(NC(=O)c2nnc(C)o2)c(C)c1. The fourth-order valence-corrected chi connectivity index (χ4v) is 1.52. The van der Waals surface area contributed by atoms with E-state index in [1.54, 1.807) is 6.92 Å². The number of carbonyl (C=O) groups is 1. The van der Waals surface area contributed by atoms with E-state index >= 15 is 0 Å². The highest BCUT2D eigenvalue weighted by molar-refractivity contribution is 6.01. The van der Waals surface area contributed by atoms with Crippen molar-refractivity contribution in [2.75, 3.05) is 5.32 Å². The Morgan fingerprint density at radius 3 is 2.59 bits per heavy atom. The fourth-order valence-electron chi connectivity index (χ4n) is 1.52. The minimum atomic E-state index is -0.391. The van der Waals surface area contributed by atoms with Gasteiger partial charge in [-0.3, -0.25) is 4.79 Å². The summed E-state index contributed by atoms with van der Waals surface area (Å²) in [5.41, 5.74) is 2.89. The van der Waals surface area contributed by atoms with E-state index in [0.29, 0.717) is 5.89 Å². The third-order valence-electron chi connectivity index (χ3n) is 2.35. The van der Waals surface area contributed by atoms with E-state index in [1.165, 1.54) is 0 Å². The van der Waals surface area contributed by atoms with Crippen LogP contribution in [0.4, 0.5) is 5.69 Å². The van der Waals surface area contributed by atoms with Crippen LogP contribution in [0.15, 0.2) is 22.6 Å². The summed E-state index contributed by atoms with van der Waals surface area (Å²) in [6, 6.07) is 5.78. The number of nitrogens with one attached hydrogen (secondary N) is 1. The molecule has 0 bridgehead atoms. The number of aromatic nitrogens is 2. The van der Waals surface area contributed by atoms with E-state index in [0.717, 1.165) is 16.8 Å². The average Bonchev–Trinajstić information content (AvgIpc) is 2.69. The van der Waals surface area contributed by atoms with E-state index in [1.807, 2.05) is 32.0 Å². The topological polar surface area (TPSA) is 68.0 Å². The fraction of sp³-hybridized carbons (Fsp3) is 0.250. The molecule has 1 heterocycles. The van der Waals surface area contributed by atoms with Gasteiger partial charge in [0.15, 0.2) is 0 Å². The van der Waals surface area contributed by atoms with Crippen molar-refractivity contribution in [2.45, 2.75) is 20.8 Å². The lowest BCUT2D eigenvalue weighted by Gasteiger charge is -2.06. The third kappa shape index (κ3) is 2.50. The molecule has 17 heavy (non-hydrogen) atoms. The highest BCUT2D eigenvalue weighted by Crippen LogP contribution is 2.16. The van der Waals surface area contributed by atoms with Crippen LogP contribution in [0.5, 0.6) is 0 Å². The Morgan fingerprint density at radius 2 is 2.00 bits per heavy atom. The van der Waals surface area contributed by atoms with Crippen LogP contribution >= 0.6 is 0 Å². The van der Waals surface area contributed by atoms with Gasteiger partial charge in [-0.25, -0.2) is 0 Å². The molecule has 0 fully saturated rings. The van der Waals surface area contributed by atoms with E-state index < -0.39 is 5.91 Å². The van der Waals surface area contributed by atoms with Crippen LogP contribution in [0.1, 0.15) is 27.7 Å². The predicted octanol–water partition coefficient (Wildman–Crippen LogP) is 2.25. The van der Waals surface area contributed by atoms with Crippen LogP contribution in [-0.4, -0.2) is 16.1 Å². The molecule has 1 amide bonds. The Hall–Kier alpha value is -2.17. The van der Waals surface area contributed by atoms with Crippen molar-refractivity contribution in [1.29, 1.82) is 0 Å². The Labute approximate surface area is 98.9 Å². The van der Waals surface area contributed by atoms with Gasteiger partial charge in [0.25, 0.3) is 0 Å². The molecule has 0 aliphatic carbocycles. The number of amides is 1. The maximum Gasteiger partial charge on any atom is 0.313 e. The van der Waals surface area contributed by atoms with Crippen molar-refractivity contribution >= 4 is 11.6 Å². The molecule has 1 aromatic carbocycles. The highest BCUT2D eigenvalue weighted by Gasteiger charge is 2.14. The minimum absolute atomic E-state index is 0.0255. The normalized spacial score (nSPS) is 10.3. The van der Waals surface area contributed by atoms with Crippen LogP contribution in [0.3, 0.4) is 0 Å². The van der Waals surface area contributed by atoms with Crippen LogP contribution in [0, 0.1) is 20.8 Å². The zero-order valence-corrected chi connectivity index (χ0v) is 9.94. The van der Waals surface area contributed by atoms with Gasteiger partial charge >= 0.3 is 11.8 Å². The van der Waals surface area contributed by atoms with Gasteiger partial charge in [-0.1, -0.05) is 17.7 Å². The van der Waals surface area contributed by atoms with Gasteiger partial charge in [-0.2, -0.15) is 0 Å². The molecule has 0 radical (unpaired) electrons. The molecule has 0 unspecified atom stereocenters. The summed E-state index contributed by atoms with van der Waals surface area (Å²) in [6.45, 7) is 5.57. The Bertz CT molecular complexity index is 561. The van der Waals surface area contributed by atoms with Crippen LogP contribution in [0.2, 0.25) is 0 Å². The molecule has 0 saturated heterocycles. The molecule has 88 valence electrons. The van der Waals surface area contributed by atoms with Gasteiger partial charge in [-0.15, -0.1) is 10.2 Å². The van der Waals surface area contributed by atoms with E-state index in [2.05, 4.69) is 15.5 Å². The van der Waals surface area contributed by atoms with Gasteiger partial charge < -0.3 is 9.73 Å². The minimum Gasteiger partial charge on any atom is -0.417 e. The number of rotatable bonds is 2. The summed E-state index contributed by atoms with van der Waals surface area (Å²) in [5, 5.41) is 10.0. The number of carbonyl (C=O) groups excluding carboxylic acids is 1. The number of aryl methyl sites for hydroxylation is 3. The van der Waals surface area contributed by atoms with Crippen molar-refractivity contribution in [3.8, 4) is 0 Å². The van der Waals surface area contributed by atoms with Crippen LogP contribution in [0.25, 0.3) is 0 Å².